The van der Waals surface area contributed by atoms with Crippen LogP contribution in [0.15, 0.2) is 42.7 Å². The first-order valence-electron chi connectivity index (χ1n) is 8.65. The molecule has 1 aromatic heterocycles. The van der Waals surface area contributed by atoms with E-state index in [4.69, 9.17) is 4.74 Å². The SMILES string of the molecule is Cc1ccc(C)c(C(C(=O)O)N2CCC(Oc3cccnc3)CC2)c1. The molecule has 1 aliphatic heterocycles. The van der Waals surface area contributed by atoms with Crippen LogP contribution in [-0.4, -0.2) is 40.2 Å². The Morgan fingerprint density at radius 3 is 2.68 bits per heavy atom. The Bertz CT molecular complexity index is 725. The van der Waals surface area contributed by atoms with Gasteiger partial charge >= 0.3 is 5.97 Å². The Kier molecular flexibility index (Phi) is 5.34. The first kappa shape index (κ1) is 17.4. The van der Waals surface area contributed by atoms with Crippen LogP contribution in [0.3, 0.4) is 0 Å². The molecule has 5 nitrogen and oxygen atoms in total. The fourth-order valence-electron chi connectivity index (χ4n) is 3.40. The summed E-state index contributed by atoms with van der Waals surface area (Å²) in [6.07, 6.45) is 5.15. The fraction of sp³-hybridized carbons (Fsp3) is 0.400. The minimum atomic E-state index is -0.791. The van der Waals surface area contributed by atoms with Gasteiger partial charge in [-0.3, -0.25) is 14.7 Å². The van der Waals surface area contributed by atoms with Gasteiger partial charge in [-0.25, -0.2) is 0 Å². The quantitative estimate of drug-likeness (QED) is 0.904. The van der Waals surface area contributed by atoms with Crippen molar-refractivity contribution >= 4 is 5.97 Å². The second kappa shape index (κ2) is 7.66. The Hall–Kier alpha value is -2.40. The highest BCUT2D eigenvalue weighted by atomic mass is 16.5. The number of hydrogen-bond donors (Lipinski definition) is 1. The van der Waals surface area contributed by atoms with Crippen molar-refractivity contribution in [1.29, 1.82) is 0 Å². The second-order valence-corrected chi connectivity index (χ2v) is 6.64. The van der Waals surface area contributed by atoms with E-state index in [1.807, 2.05) is 49.1 Å². The van der Waals surface area contributed by atoms with Crippen LogP contribution < -0.4 is 4.74 Å². The number of hydrogen-bond acceptors (Lipinski definition) is 4. The molecule has 5 heteroatoms. The maximum absolute atomic E-state index is 12.0. The van der Waals surface area contributed by atoms with Crippen molar-refractivity contribution in [1.82, 2.24) is 9.88 Å². The van der Waals surface area contributed by atoms with Crippen LogP contribution in [0.1, 0.15) is 35.6 Å². The van der Waals surface area contributed by atoms with Crippen LogP contribution in [0.5, 0.6) is 5.75 Å². The van der Waals surface area contributed by atoms with Gasteiger partial charge in [0.15, 0.2) is 0 Å². The highest BCUT2D eigenvalue weighted by molar-refractivity contribution is 5.76. The molecule has 0 spiro atoms. The molecule has 1 N–H and O–H groups in total. The molecule has 1 aliphatic rings. The number of aliphatic carboxylic acids is 1. The first-order chi connectivity index (χ1) is 12.0. The van der Waals surface area contributed by atoms with Gasteiger partial charge in [-0.15, -0.1) is 0 Å². The number of ether oxygens (including phenoxy) is 1. The predicted octanol–water partition coefficient (Wildman–Crippen LogP) is 3.37. The van der Waals surface area contributed by atoms with Crippen molar-refractivity contribution in [3.63, 3.8) is 0 Å². The number of carboxylic acid groups (broad SMARTS) is 1. The average Bonchev–Trinajstić information content (AvgIpc) is 2.60. The van der Waals surface area contributed by atoms with Gasteiger partial charge in [0.2, 0.25) is 0 Å². The molecular weight excluding hydrogens is 316 g/mol. The van der Waals surface area contributed by atoms with Gasteiger partial charge in [-0.05, 0) is 49.9 Å². The molecule has 1 aromatic carbocycles. The number of piperidine rings is 1. The number of rotatable bonds is 5. The van der Waals surface area contributed by atoms with E-state index >= 15 is 0 Å². The van der Waals surface area contributed by atoms with Gasteiger partial charge in [-0.1, -0.05) is 23.8 Å². The van der Waals surface area contributed by atoms with E-state index in [1.54, 1.807) is 12.4 Å². The zero-order valence-corrected chi connectivity index (χ0v) is 14.7. The number of carboxylic acids is 1. The maximum Gasteiger partial charge on any atom is 0.325 e. The Balaban J connectivity index is 1.69. The van der Waals surface area contributed by atoms with E-state index in [-0.39, 0.29) is 6.10 Å². The molecular formula is C20H24N2O3. The average molecular weight is 340 g/mol. The zero-order valence-electron chi connectivity index (χ0n) is 14.7. The van der Waals surface area contributed by atoms with E-state index in [0.29, 0.717) is 13.1 Å². The number of carbonyl (C=O) groups is 1. The summed E-state index contributed by atoms with van der Waals surface area (Å²) in [5.74, 6) is -0.0226. The highest BCUT2D eigenvalue weighted by Gasteiger charge is 2.32. The molecule has 0 saturated carbocycles. The lowest BCUT2D eigenvalue weighted by Gasteiger charge is -2.36. The monoisotopic (exact) mass is 340 g/mol. The lowest BCUT2D eigenvalue weighted by molar-refractivity contribution is -0.144. The van der Waals surface area contributed by atoms with Crippen LogP contribution in [0.2, 0.25) is 0 Å². The molecule has 1 saturated heterocycles. The third-order valence-electron chi connectivity index (χ3n) is 4.74. The van der Waals surface area contributed by atoms with Crippen molar-refractivity contribution in [2.24, 2.45) is 0 Å². The molecule has 0 aliphatic carbocycles. The Morgan fingerprint density at radius 2 is 2.04 bits per heavy atom. The summed E-state index contributed by atoms with van der Waals surface area (Å²) in [5.41, 5.74) is 2.99. The lowest BCUT2D eigenvalue weighted by Crippen LogP contribution is -2.43. The van der Waals surface area contributed by atoms with E-state index in [9.17, 15) is 9.90 Å². The second-order valence-electron chi connectivity index (χ2n) is 6.64. The summed E-state index contributed by atoms with van der Waals surface area (Å²) in [6.45, 7) is 5.38. The van der Waals surface area contributed by atoms with Gasteiger partial charge in [-0.2, -0.15) is 0 Å². The molecule has 1 unspecified atom stereocenters. The predicted molar refractivity (Wildman–Crippen MR) is 95.8 cm³/mol. The Labute approximate surface area is 148 Å². The number of benzene rings is 1. The molecule has 2 aromatic rings. The molecule has 132 valence electrons. The standard InChI is InChI=1S/C20H24N2O3/c1-14-5-6-15(2)18(12-14)19(20(23)24)22-10-7-16(8-11-22)25-17-4-3-9-21-13-17/h3-6,9,12-13,16,19H,7-8,10-11H2,1-2H3,(H,23,24). The maximum atomic E-state index is 12.0. The molecule has 1 atom stereocenters. The van der Waals surface area contributed by atoms with Crippen molar-refractivity contribution in [3.05, 3.63) is 59.4 Å². The van der Waals surface area contributed by atoms with Crippen LogP contribution >= 0.6 is 0 Å². The van der Waals surface area contributed by atoms with Gasteiger partial charge in [0.05, 0.1) is 6.20 Å². The number of likely N-dealkylation sites (tertiary alicyclic amines) is 1. The molecule has 0 amide bonds. The molecule has 1 fully saturated rings. The molecule has 25 heavy (non-hydrogen) atoms. The van der Waals surface area contributed by atoms with Crippen LogP contribution in [0.4, 0.5) is 0 Å². The van der Waals surface area contributed by atoms with Gasteiger partial charge in [0.1, 0.15) is 17.9 Å². The molecule has 0 bridgehead atoms. The highest BCUT2D eigenvalue weighted by Crippen LogP contribution is 2.29. The fourth-order valence-corrected chi connectivity index (χ4v) is 3.40. The minimum Gasteiger partial charge on any atom is -0.489 e. The molecule has 0 radical (unpaired) electrons. The van der Waals surface area contributed by atoms with Gasteiger partial charge in [0, 0.05) is 19.3 Å². The van der Waals surface area contributed by atoms with E-state index in [0.717, 1.165) is 35.3 Å². The summed E-state index contributed by atoms with van der Waals surface area (Å²) < 4.78 is 5.96. The third-order valence-corrected chi connectivity index (χ3v) is 4.74. The Morgan fingerprint density at radius 1 is 1.28 bits per heavy atom. The third kappa shape index (κ3) is 4.17. The summed E-state index contributed by atoms with van der Waals surface area (Å²) in [4.78, 5) is 18.1. The van der Waals surface area contributed by atoms with Gasteiger partial charge < -0.3 is 9.84 Å². The van der Waals surface area contributed by atoms with Crippen molar-refractivity contribution in [2.75, 3.05) is 13.1 Å². The number of aromatic nitrogens is 1. The summed E-state index contributed by atoms with van der Waals surface area (Å²) >= 11 is 0. The summed E-state index contributed by atoms with van der Waals surface area (Å²) in [6, 6.07) is 9.16. The van der Waals surface area contributed by atoms with Crippen molar-refractivity contribution < 1.29 is 14.6 Å². The zero-order chi connectivity index (χ0) is 17.8. The van der Waals surface area contributed by atoms with E-state index < -0.39 is 12.0 Å². The first-order valence-corrected chi connectivity index (χ1v) is 8.65. The van der Waals surface area contributed by atoms with Crippen molar-refractivity contribution in [2.45, 2.75) is 38.8 Å². The number of aryl methyl sites for hydroxylation is 2. The normalized spacial score (nSPS) is 17.2. The van der Waals surface area contributed by atoms with E-state index in [2.05, 4.69) is 4.98 Å². The molecule has 3 rings (SSSR count). The summed E-state index contributed by atoms with van der Waals surface area (Å²) in [7, 11) is 0. The van der Waals surface area contributed by atoms with Crippen LogP contribution in [-0.2, 0) is 4.79 Å². The number of nitrogens with zero attached hydrogens (tertiary/aromatic N) is 2. The molecule has 2 heterocycles. The topological polar surface area (TPSA) is 62.7 Å². The van der Waals surface area contributed by atoms with Crippen LogP contribution in [0.25, 0.3) is 0 Å². The van der Waals surface area contributed by atoms with Gasteiger partial charge in [0.25, 0.3) is 0 Å². The van der Waals surface area contributed by atoms with Crippen molar-refractivity contribution in [3.8, 4) is 5.75 Å². The minimum absolute atomic E-state index is 0.105. The largest absolute Gasteiger partial charge is 0.489 e. The van der Waals surface area contributed by atoms with E-state index in [1.165, 1.54) is 0 Å². The summed E-state index contributed by atoms with van der Waals surface area (Å²) in [5, 5.41) is 9.81. The smallest absolute Gasteiger partial charge is 0.325 e. The lowest BCUT2D eigenvalue weighted by atomic mass is 9.95. The number of pyridine rings is 1. The van der Waals surface area contributed by atoms with Crippen LogP contribution in [0, 0.1) is 13.8 Å².